The molecule has 33 heavy (non-hydrogen) atoms. The molecule has 1 fully saturated rings. The van der Waals surface area contributed by atoms with Crippen LogP contribution in [0.25, 0.3) is 0 Å². The summed E-state index contributed by atoms with van der Waals surface area (Å²) in [4.78, 5) is 32.2. The molecule has 1 amide bonds. The number of benzene rings is 2. The van der Waals surface area contributed by atoms with Crippen molar-refractivity contribution >= 4 is 28.9 Å². The Labute approximate surface area is 193 Å². The highest BCUT2D eigenvalue weighted by atomic mass is 16.5. The molecule has 4 rings (SSSR count). The summed E-state index contributed by atoms with van der Waals surface area (Å²) in [5, 5.41) is 6.23. The Morgan fingerprint density at radius 1 is 1.18 bits per heavy atom. The minimum Gasteiger partial charge on any atom is -0.497 e. The van der Waals surface area contributed by atoms with E-state index in [0.29, 0.717) is 35.0 Å². The molecule has 8 nitrogen and oxygen atoms in total. The molecule has 2 aromatic carbocycles. The molecule has 0 bridgehead atoms. The van der Waals surface area contributed by atoms with Gasteiger partial charge in [0.2, 0.25) is 5.91 Å². The Hall–Kier alpha value is -3.81. The van der Waals surface area contributed by atoms with Gasteiger partial charge in [0.15, 0.2) is 5.78 Å². The number of amides is 1. The number of anilines is 2. The maximum atomic E-state index is 14.0. The van der Waals surface area contributed by atoms with Crippen molar-refractivity contribution in [3.8, 4) is 11.5 Å². The fourth-order valence-electron chi connectivity index (χ4n) is 4.43. The van der Waals surface area contributed by atoms with Gasteiger partial charge in [0.05, 0.1) is 25.5 Å². The summed E-state index contributed by atoms with van der Waals surface area (Å²) in [6.07, 6.45) is 0.599. The van der Waals surface area contributed by atoms with Gasteiger partial charge in [-0.2, -0.15) is 0 Å². The predicted octanol–water partition coefficient (Wildman–Crippen LogP) is 2.94. The van der Waals surface area contributed by atoms with Gasteiger partial charge in [-0.15, -0.1) is 0 Å². The Morgan fingerprint density at radius 3 is 2.42 bits per heavy atom. The molecule has 0 radical (unpaired) electrons. The van der Waals surface area contributed by atoms with Crippen LogP contribution in [-0.4, -0.2) is 50.9 Å². The number of hydrogen-bond acceptors (Lipinski definition) is 6. The molecule has 2 N–H and O–H groups in total. The number of para-hydroxylation sites is 1. The highest BCUT2D eigenvalue weighted by Gasteiger charge is 2.53. The summed E-state index contributed by atoms with van der Waals surface area (Å²) in [7, 11) is 4.82. The predicted molar refractivity (Wildman–Crippen MR) is 128 cm³/mol. The Bertz CT molecular complexity index is 1140. The fraction of sp³-hybridized carbons (Fsp3) is 0.320. The highest BCUT2D eigenvalue weighted by Crippen LogP contribution is 2.42. The Morgan fingerprint density at radius 2 is 1.85 bits per heavy atom. The first-order chi connectivity index (χ1) is 15.8. The third-order valence-corrected chi connectivity index (χ3v) is 6.10. The summed E-state index contributed by atoms with van der Waals surface area (Å²) >= 11 is 0. The molecule has 2 aliphatic rings. The zero-order valence-corrected chi connectivity index (χ0v) is 19.5. The first kappa shape index (κ1) is 22.4. The number of nitrogens with zero attached hydrogens (tertiary/aromatic N) is 2. The number of nitrogens with one attached hydrogen (secondary N) is 2. The number of ether oxygens (including phenoxy) is 2. The fourth-order valence-corrected chi connectivity index (χ4v) is 4.43. The molecule has 2 heterocycles. The third kappa shape index (κ3) is 3.82. The number of allylic oxidation sites excluding steroid dienone is 1. The molecule has 0 spiro atoms. The maximum Gasteiger partial charge on any atom is 0.216 e. The number of carbonyl (C=O) groups is 2. The molecule has 1 atom stereocenters. The zero-order chi connectivity index (χ0) is 23.8. The average Bonchev–Trinajstić information content (AvgIpc) is 3.34. The number of Topliss-reactive ketones (excluding diaryl/α,β-unsaturated/α-hetero) is 1. The van der Waals surface area contributed by atoms with Crippen molar-refractivity contribution in [1.82, 2.24) is 5.32 Å². The standard InChI is InChI=1S/C25H28N4O4/c1-15(30)27-14-25(2)23(31)22(21-10-16-8-6-7-9-20(16)28-21)24(26-3)29(25)17-11-18(32-4)13-19(12-17)33-5/h6-9,11-13,28H,10,14H2,1-5H3,(H,27,30)/t25-/m1/s1. The van der Waals surface area contributed by atoms with Crippen LogP contribution in [0, 0.1) is 0 Å². The third-order valence-electron chi connectivity index (χ3n) is 6.10. The minimum absolute atomic E-state index is 0.115. The van der Waals surface area contributed by atoms with E-state index in [2.05, 4.69) is 15.6 Å². The van der Waals surface area contributed by atoms with Crippen LogP contribution < -0.4 is 25.0 Å². The molecule has 0 aromatic heterocycles. The summed E-state index contributed by atoms with van der Waals surface area (Å²) in [5.74, 6) is 1.37. The maximum absolute atomic E-state index is 14.0. The lowest BCUT2D eigenvalue weighted by atomic mass is 9.93. The van der Waals surface area contributed by atoms with Crippen molar-refractivity contribution in [2.45, 2.75) is 25.8 Å². The van der Waals surface area contributed by atoms with Crippen LogP contribution in [-0.2, 0) is 16.0 Å². The van der Waals surface area contributed by atoms with Crippen LogP contribution in [0.5, 0.6) is 11.5 Å². The molecule has 2 aliphatic heterocycles. The number of amidine groups is 1. The molecule has 172 valence electrons. The lowest BCUT2D eigenvalue weighted by molar-refractivity contribution is -0.120. The number of carbonyl (C=O) groups excluding carboxylic acids is 2. The van der Waals surface area contributed by atoms with Crippen molar-refractivity contribution < 1.29 is 19.1 Å². The average molecular weight is 449 g/mol. The Kier molecular flexibility index (Phi) is 5.84. The van der Waals surface area contributed by atoms with Gasteiger partial charge in [-0.05, 0) is 18.6 Å². The largest absolute Gasteiger partial charge is 0.497 e. The van der Waals surface area contributed by atoms with E-state index < -0.39 is 5.54 Å². The first-order valence-corrected chi connectivity index (χ1v) is 10.7. The number of aliphatic imine (C=N–C) groups is 1. The van der Waals surface area contributed by atoms with Gasteiger partial charge in [0, 0.05) is 56.5 Å². The molecule has 8 heteroatoms. The van der Waals surface area contributed by atoms with Crippen LogP contribution in [0.3, 0.4) is 0 Å². The van der Waals surface area contributed by atoms with Gasteiger partial charge >= 0.3 is 0 Å². The van der Waals surface area contributed by atoms with E-state index >= 15 is 0 Å². The number of ketones is 1. The summed E-state index contributed by atoms with van der Waals surface area (Å²) in [5.41, 5.74) is 2.99. The second-order valence-corrected chi connectivity index (χ2v) is 8.28. The van der Waals surface area contributed by atoms with Crippen molar-refractivity contribution in [2.24, 2.45) is 4.99 Å². The number of fused-ring (bicyclic) bond motifs is 1. The topological polar surface area (TPSA) is 92.3 Å². The van der Waals surface area contributed by atoms with Gasteiger partial charge in [-0.3, -0.25) is 14.6 Å². The van der Waals surface area contributed by atoms with Gasteiger partial charge in [0.1, 0.15) is 22.9 Å². The van der Waals surface area contributed by atoms with Crippen molar-refractivity contribution in [1.29, 1.82) is 0 Å². The molecule has 0 unspecified atom stereocenters. The molecule has 1 saturated heterocycles. The molecule has 2 aromatic rings. The first-order valence-electron chi connectivity index (χ1n) is 10.7. The van der Waals surface area contributed by atoms with Crippen LogP contribution in [0.2, 0.25) is 0 Å². The van der Waals surface area contributed by atoms with E-state index in [1.807, 2.05) is 48.2 Å². The number of methoxy groups -OCH3 is 2. The van der Waals surface area contributed by atoms with Crippen molar-refractivity contribution in [3.63, 3.8) is 0 Å². The monoisotopic (exact) mass is 448 g/mol. The number of hydrogen-bond donors (Lipinski definition) is 2. The van der Waals surface area contributed by atoms with E-state index in [9.17, 15) is 9.59 Å². The van der Waals surface area contributed by atoms with Gasteiger partial charge in [-0.1, -0.05) is 18.2 Å². The van der Waals surface area contributed by atoms with E-state index in [0.717, 1.165) is 16.9 Å². The molecular weight excluding hydrogens is 420 g/mol. The van der Waals surface area contributed by atoms with Crippen LogP contribution >= 0.6 is 0 Å². The normalized spacial score (nSPS) is 22.9. The summed E-state index contributed by atoms with van der Waals surface area (Å²) < 4.78 is 10.9. The number of rotatable bonds is 5. The summed E-state index contributed by atoms with van der Waals surface area (Å²) in [6.45, 7) is 3.37. The smallest absolute Gasteiger partial charge is 0.216 e. The van der Waals surface area contributed by atoms with Crippen LogP contribution in [0.15, 0.2) is 58.7 Å². The van der Waals surface area contributed by atoms with E-state index in [-0.39, 0.29) is 18.2 Å². The quantitative estimate of drug-likeness (QED) is 0.684. The van der Waals surface area contributed by atoms with Crippen molar-refractivity contribution in [2.75, 3.05) is 38.0 Å². The highest BCUT2D eigenvalue weighted by molar-refractivity contribution is 6.38. The van der Waals surface area contributed by atoms with E-state index in [1.165, 1.54) is 6.92 Å². The van der Waals surface area contributed by atoms with Crippen molar-refractivity contribution in [3.05, 3.63) is 59.3 Å². The Balaban J connectivity index is 1.89. The molecule has 0 aliphatic carbocycles. The lowest BCUT2D eigenvalue weighted by Crippen LogP contribution is -2.55. The van der Waals surface area contributed by atoms with Gasteiger partial charge in [0.25, 0.3) is 0 Å². The van der Waals surface area contributed by atoms with Crippen LogP contribution in [0.1, 0.15) is 19.4 Å². The lowest BCUT2D eigenvalue weighted by Gasteiger charge is -2.35. The van der Waals surface area contributed by atoms with Gasteiger partial charge < -0.3 is 25.0 Å². The zero-order valence-electron chi connectivity index (χ0n) is 19.5. The minimum atomic E-state index is -1.10. The van der Waals surface area contributed by atoms with Crippen LogP contribution in [0.4, 0.5) is 11.4 Å². The second kappa shape index (κ2) is 8.61. The molecule has 0 saturated carbocycles. The van der Waals surface area contributed by atoms with E-state index in [1.54, 1.807) is 27.3 Å². The van der Waals surface area contributed by atoms with Gasteiger partial charge in [-0.25, -0.2) is 0 Å². The summed E-state index contributed by atoms with van der Waals surface area (Å²) in [6, 6.07) is 13.4. The molecular formula is C25H28N4O4. The second-order valence-electron chi connectivity index (χ2n) is 8.28. The SMILES string of the molecule is CN=C1C(=C2Cc3ccccc3N2)C(=O)[C@@](C)(CNC(C)=O)N1c1cc(OC)cc(OC)c1. The van der Waals surface area contributed by atoms with E-state index in [4.69, 9.17) is 9.47 Å².